The highest BCUT2D eigenvalue weighted by Crippen LogP contribution is 2.25. The first-order valence-corrected chi connectivity index (χ1v) is 11.6. The molecule has 1 aliphatic heterocycles. The van der Waals surface area contributed by atoms with Gasteiger partial charge in [-0.1, -0.05) is 19.4 Å². The van der Waals surface area contributed by atoms with Crippen molar-refractivity contribution in [3.63, 3.8) is 0 Å². The van der Waals surface area contributed by atoms with Crippen LogP contribution in [0.3, 0.4) is 0 Å². The zero-order chi connectivity index (χ0) is 21.6. The monoisotopic (exact) mass is 432 g/mol. The lowest BCUT2D eigenvalue weighted by molar-refractivity contribution is 0.0730. The summed E-state index contributed by atoms with van der Waals surface area (Å²) < 4.78 is 38.3. The van der Waals surface area contributed by atoms with E-state index in [1.165, 1.54) is 10.4 Å². The van der Waals surface area contributed by atoms with Gasteiger partial charge in [0.25, 0.3) is 5.91 Å². The van der Waals surface area contributed by atoms with Gasteiger partial charge in [0.2, 0.25) is 10.0 Å². The SMILES string of the molecule is CCCCOc1ccc(C(=O)Nc2ccc(C)c(S(=O)(=O)N3CCOCC3)c2)cc1. The average Bonchev–Trinajstić information content (AvgIpc) is 2.76. The number of carbonyl (C=O) groups excluding carboxylic acids is 1. The molecule has 0 aliphatic carbocycles. The minimum absolute atomic E-state index is 0.196. The van der Waals surface area contributed by atoms with Crippen molar-refractivity contribution in [2.24, 2.45) is 0 Å². The third-order valence-corrected chi connectivity index (χ3v) is 6.96. The van der Waals surface area contributed by atoms with Crippen molar-refractivity contribution in [3.05, 3.63) is 53.6 Å². The highest BCUT2D eigenvalue weighted by atomic mass is 32.2. The number of ether oxygens (including phenoxy) is 2. The van der Waals surface area contributed by atoms with Crippen LogP contribution in [0, 0.1) is 6.92 Å². The Labute approximate surface area is 178 Å². The molecular weight excluding hydrogens is 404 g/mol. The Morgan fingerprint density at radius 2 is 1.83 bits per heavy atom. The zero-order valence-electron chi connectivity index (χ0n) is 17.4. The summed E-state index contributed by atoms with van der Waals surface area (Å²) in [5, 5.41) is 2.79. The molecule has 1 saturated heterocycles. The largest absolute Gasteiger partial charge is 0.494 e. The molecule has 30 heavy (non-hydrogen) atoms. The number of unbranched alkanes of at least 4 members (excludes halogenated alkanes) is 1. The third-order valence-electron chi connectivity index (χ3n) is 4.92. The molecule has 1 heterocycles. The minimum atomic E-state index is -3.65. The van der Waals surface area contributed by atoms with Crippen LogP contribution in [0.25, 0.3) is 0 Å². The van der Waals surface area contributed by atoms with E-state index in [-0.39, 0.29) is 10.8 Å². The van der Waals surface area contributed by atoms with Crippen LogP contribution >= 0.6 is 0 Å². The van der Waals surface area contributed by atoms with Crippen LogP contribution in [-0.4, -0.2) is 51.5 Å². The van der Waals surface area contributed by atoms with Crippen molar-refractivity contribution < 1.29 is 22.7 Å². The normalized spacial score (nSPS) is 15.0. The summed E-state index contributed by atoms with van der Waals surface area (Å²) in [6.45, 7) is 5.90. The fourth-order valence-electron chi connectivity index (χ4n) is 3.12. The molecule has 1 amide bonds. The fourth-order valence-corrected chi connectivity index (χ4v) is 4.78. The molecule has 0 unspecified atom stereocenters. The second-order valence-corrected chi connectivity index (χ2v) is 9.08. The molecule has 1 N–H and O–H groups in total. The van der Waals surface area contributed by atoms with Crippen molar-refractivity contribution in [2.75, 3.05) is 38.2 Å². The molecule has 0 aromatic heterocycles. The first-order valence-electron chi connectivity index (χ1n) is 10.1. The molecule has 7 nitrogen and oxygen atoms in total. The molecule has 0 spiro atoms. The molecule has 8 heteroatoms. The summed E-state index contributed by atoms with van der Waals surface area (Å²) in [5.41, 5.74) is 1.53. The number of carbonyl (C=O) groups is 1. The van der Waals surface area contributed by atoms with Crippen LogP contribution in [0.15, 0.2) is 47.4 Å². The second kappa shape index (κ2) is 10.1. The Kier molecular flexibility index (Phi) is 7.47. The Balaban J connectivity index is 1.72. The number of rotatable bonds is 8. The number of anilines is 1. The van der Waals surface area contributed by atoms with Crippen LogP contribution in [0.5, 0.6) is 5.75 Å². The first-order chi connectivity index (χ1) is 14.4. The number of sulfonamides is 1. The summed E-state index contributed by atoms with van der Waals surface area (Å²) in [6.07, 6.45) is 2.03. The lowest BCUT2D eigenvalue weighted by Crippen LogP contribution is -2.40. The van der Waals surface area contributed by atoms with Gasteiger partial charge in [0.1, 0.15) is 5.75 Å². The Hall–Kier alpha value is -2.42. The van der Waals surface area contributed by atoms with Crippen LogP contribution in [-0.2, 0) is 14.8 Å². The van der Waals surface area contributed by atoms with E-state index in [0.29, 0.717) is 55.5 Å². The Morgan fingerprint density at radius 1 is 1.13 bits per heavy atom. The van der Waals surface area contributed by atoms with E-state index in [2.05, 4.69) is 12.2 Å². The summed E-state index contributed by atoms with van der Waals surface area (Å²) >= 11 is 0. The number of hydrogen-bond donors (Lipinski definition) is 1. The number of nitrogens with zero attached hydrogens (tertiary/aromatic N) is 1. The summed E-state index contributed by atoms with van der Waals surface area (Å²) in [4.78, 5) is 12.8. The van der Waals surface area contributed by atoms with Crippen molar-refractivity contribution in [1.29, 1.82) is 0 Å². The summed E-state index contributed by atoms with van der Waals surface area (Å²) in [5.74, 6) is 0.405. The van der Waals surface area contributed by atoms with Gasteiger partial charge in [-0.2, -0.15) is 4.31 Å². The maximum Gasteiger partial charge on any atom is 0.255 e. The zero-order valence-corrected chi connectivity index (χ0v) is 18.2. The lowest BCUT2D eigenvalue weighted by atomic mass is 10.2. The van der Waals surface area contributed by atoms with E-state index in [9.17, 15) is 13.2 Å². The van der Waals surface area contributed by atoms with Gasteiger partial charge in [-0.3, -0.25) is 4.79 Å². The maximum absolute atomic E-state index is 13.0. The molecular formula is C22H28N2O5S. The highest BCUT2D eigenvalue weighted by Gasteiger charge is 2.28. The van der Waals surface area contributed by atoms with Crippen LogP contribution in [0.4, 0.5) is 5.69 Å². The topological polar surface area (TPSA) is 84.9 Å². The van der Waals surface area contributed by atoms with Crippen LogP contribution in [0.2, 0.25) is 0 Å². The van der Waals surface area contributed by atoms with Crippen molar-refractivity contribution in [3.8, 4) is 5.75 Å². The molecule has 3 rings (SSSR count). The standard InChI is InChI=1S/C22H28N2O5S/c1-3-4-13-29-20-9-6-18(7-10-20)22(25)23-19-8-5-17(2)21(16-19)30(26,27)24-11-14-28-15-12-24/h5-10,16H,3-4,11-15H2,1-2H3,(H,23,25). The van der Waals surface area contributed by atoms with E-state index in [1.807, 2.05) is 0 Å². The highest BCUT2D eigenvalue weighted by molar-refractivity contribution is 7.89. The Morgan fingerprint density at radius 3 is 2.50 bits per heavy atom. The molecule has 0 atom stereocenters. The molecule has 1 fully saturated rings. The van der Waals surface area contributed by atoms with Gasteiger partial charge in [0.05, 0.1) is 24.7 Å². The number of morpholine rings is 1. The van der Waals surface area contributed by atoms with E-state index >= 15 is 0 Å². The maximum atomic E-state index is 13.0. The molecule has 0 radical (unpaired) electrons. The second-order valence-electron chi connectivity index (χ2n) is 7.18. The predicted molar refractivity (Wildman–Crippen MR) is 116 cm³/mol. The molecule has 162 valence electrons. The van der Waals surface area contributed by atoms with Crippen molar-refractivity contribution in [1.82, 2.24) is 4.31 Å². The Bertz CT molecular complexity index is 968. The predicted octanol–water partition coefficient (Wildman–Crippen LogP) is 3.45. The van der Waals surface area contributed by atoms with Crippen LogP contribution in [0.1, 0.15) is 35.7 Å². The van der Waals surface area contributed by atoms with Crippen molar-refractivity contribution in [2.45, 2.75) is 31.6 Å². The van der Waals surface area contributed by atoms with E-state index < -0.39 is 10.0 Å². The van der Waals surface area contributed by atoms with Crippen molar-refractivity contribution >= 4 is 21.6 Å². The summed E-state index contributed by atoms with van der Waals surface area (Å²) in [6, 6.07) is 11.8. The van der Waals surface area contributed by atoms with E-state index in [4.69, 9.17) is 9.47 Å². The van der Waals surface area contributed by atoms with Gasteiger partial charge in [0.15, 0.2) is 0 Å². The van der Waals surface area contributed by atoms with Gasteiger partial charge >= 0.3 is 0 Å². The number of amides is 1. The van der Waals surface area contributed by atoms with Gasteiger partial charge in [-0.25, -0.2) is 8.42 Å². The van der Waals surface area contributed by atoms with E-state index in [1.54, 1.807) is 43.3 Å². The smallest absolute Gasteiger partial charge is 0.255 e. The lowest BCUT2D eigenvalue weighted by Gasteiger charge is -2.26. The van der Waals surface area contributed by atoms with Gasteiger partial charge in [0, 0.05) is 24.3 Å². The fraction of sp³-hybridized carbons (Fsp3) is 0.409. The first kappa shape index (κ1) is 22.3. The molecule has 2 aromatic rings. The average molecular weight is 433 g/mol. The number of hydrogen-bond acceptors (Lipinski definition) is 5. The number of benzene rings is 2. The van der Waals surface area contributed by atoms with Gasteiger partial charge < -0.3 is 14.8 Å². The van der Waals surface area contributed by atoms with Gasteiger partial charge in [-0.15, -0.1) is 0 Å². The number of aryl methyl sites for hydroxylation is 1. The third kappa shape index (κ3) is 5.38. The molecule has 1 aliphatic rings. The van der Waals surface area contributed by atoms with Crippen LogP contribution < -0.4 is 10.1 Å². The molecule has 0 bridgehead atoms. The van der Waals surface area contributed by atoms with E-state index in [0.717, 1.165) is 12.8 Å². The number of nitrogens with one attached hydrogen (secondary N) is 1. The summed E-state index contributed by atoms with van der Waals surface area (Å²) in [7, 11) is -3.65. The van der Waals surface area contributed by atoms with Gasteiger partial charge in [-0.05, 0) is 55.3 Å². The minimum Gasteiger partial charge on any atom is -0.494 e. The molecule has 0 saturated carbocycles. The molecule has 2 aromatic carbocycles. The quantitative estimate of drug-likeness (QED) is 0.646.